The molecule has 9 heteroatoms. The molecule has 0 atom stereocenters. The van der Waals surface area contributed by atoms with Gasteiger partial charge in [0.25, 0.3) is 0 Å². The Hall–Kier alpha value is -1.46. The molecule has 1 N–H and O–H groups in total. The summed E-state index contributed by atoms with van der Waals surface area (Å²) in [6.07, 6.45) is -4.44. The summed E-state index contributed by atoms with van der Waals surface area (Å²) in [4.78, 5) is 17.6. The smallest absolute Gasteiger partial charge is 0.325 e. The van der Waals surface area contributed by atoms with Crippen molar-refractivity contribution in [3.05, 3.63) is 55.9 Å². The molecule has 2 heterocycles. The van der Waals surface area contributed by atoms with E-state index in [9.17, 15) is 18.0 Å². The molecular formula is C16H10F3IN2OS2. The molecule has 0 saturated heterocycles. The molecule has 130 valence electrons. The van der Waals surface area contributed by atoms with Crippen LogP contribution in [0.1, 0.15) is 11.3 Å². The zero-order valence-electron chi connectivity index (χ0n) is 12.4. The highest BCUT2D eigenvalue weighted by Gasteiger charge is 2.31. The Labute approximate surface area is 163 Å². The molecule has 1 aromatic carbocycles. The second-order valence-electron chi connectivity index (χ2n) is 5.04. The van der Waals surface area contributed by atoms with Crippen molar-refractivity contribution >= 4 is 56.9 Å². The lowest BCUT2D eigenvalue weighted by molar-refractivity contribution is -0.137. The monoisotopic (exact) mass is 494 g/mol. The summed E-state index contributed by atoms with van der Waals surface area (Å²) in [6, 6.07) is 7.13. The maximum Gasteiger partial charge on any atom is 0.416 e. The fourth-order valence-corrected chi connectivity index (χ4v) is 4.16. The number of amides is 1. The van der Waals surface area contributed by atoms with Gasteiger partial charge in [-0.1, -0.05) is 6.07 Å². The average molecular weight is 494 g/mol. The fourth-order valence-electron chi connectivity index (χ4n) is 2.06. The molecule has 3 nitrogen and oxygen atoms in total. The van der Waals surface area contributed by atoms with Crippen molar-refractivity contribution in [3.8, 4) is 9.88 Å². The first-order valence-electron chi connectivity index (χ1n) is 6.98. The molecule has 0 spiro atoms. The van der Waals surface area contributed by atoms with Crippen LogP contribution in [0.3, 0.4) is 0 Å². The van der Waals surface area contributed by atoms with Gasteiger partial charge >= 0.3 is 6.18 Å². The number of anilines is 1. The van der Waals surface area contributed by atoms with E-state index in [4.69, 9.17) is 0 Å². The van der Waals surface area contributed by atoms with Gasteiger partial charge in [-0.2, -0.15) is 13.2 Å². The molecule has 0 fully saturated rings. The van der Waals surface area contributed by atoms with E-state index >= 15 is 0 Å². The zero-order valence-corrected chi connectivity index (χ0v) is 16.2. The number of benzene rings is 1. The normalized spacial score (nSPS) is 11.5. The summed E-state index contributed by atoms with van der Waals surface area (Å²) in [5.74, 6) is -0.403. The van der Waals surface area contributed by atoms with Gasteiger partial charge in [-0.15, -0.1) is 22.7 Å². The van der Waals surface area contributed by atoms with E-state index in [-0.39, 0.29) is 12.1 Å². The highest BCUT2D eigenvalue weighted by atomic mass is 127. The third kappa shape index (κ3) is 4.59. The lowest BCUT2D eigenvalue weighted by Crippen LogP contribution is -2.16. The summed E-state index contributed by atoms with van der Waals surface area (Å²) in [5, 5.41) is 7.09. The number of nitrogens with one attached hydrogen (secondary N) is 1. The second-order valence-corrected chi connectivity index (χ2v) is 8.01. The van der Waals surface area contributed by atoms with E-state index in [1.807, 2.05) is 40.1 Å². The van der Waals surface area contributed by atoms with E-state index in [2.05, 4.69) is 10.3 Å². The van der Waals surface area contributed by atoms with Gasteiger partial charge in [0.15, 0.2) is 0 Å². The molecular weight excluding hydrogens is 484 g/mol. The summed E-state index contributed by atoms with van der Waals surface area (Å²) in [6.45, 7) is 0. The molecule has 0 radical (unpaired) electrons. The largest absolute Gasteiger partial charge is 0.416 e. The molecule has 2 aromatic heterocycles. The molecule has 3 rings (SSSR count). The van der Waals surface area contributed by atoms with E-state index in [0.29, 0.717) is 9.26 Å². The number of carbonyl (C=O) groups is 1. The van der Waals surface area contributed by atoms with Crippen LogP contribution in [0.25, 0.3) is 9.88 Å². The van der Waals surface area contributed by atoms with Gasteiger partial charge < -0.3 is 5.32 Å². The Morgan fingerprint density at radius 3 is 2.72 bits per heavy atom. The Morgan fingerprint density at radius 1 is 1.24 bits per heavy atom. The van der Waals surface area contributed by atoms with E-state index in [1.165, 1.54) is 17.4 Å². The minimum atomic E-state index is -4.45. The third-order valence-corrected chi connectivity index (χ3v) is 6.06. The lowest BCUT2D eigenvalue weighted by Gasteiger charge is -2.11. The maximum atomic E-state index is 12.8. The molecule has 1 amide bonds. The van der Waals surface area contributed by atoms with Crippen LogP contribution in [0.2, 0.25) is 0 Å². The van der Waals surface area contributed by atoms with Gasteiger partial charge in [0.2, 0.25) is 5.91 Å². The number of alkyl halides is 3. The van der Waals surface area contributed by atoms with Crippen molar-refractivity contribution < 1.29 is 18.0 Å². The lowest BCUT2D eigenvalue weighted by atomic mass is 10.2. The Balaban J connectivity index is 1.71. The highest BCUT2D eigenvalue weighted by Crippen LogP contribution is 2.33. The van der Waals surface area contributed by atoms with Gasteiger partial charge in [0.05, 0.1) is 28.2 Å². The molecule has 0 aliphatic carbocycles. The zero-order chi connectivity index (χ0) is 18.0. The number of aromatic nitrogens is 1. The van der Waals surface area contributed by atoms with Crippen LogP contribution >= 0.6 is 45.3 Å². The van der Waals surface area contributed by atoms with Gasteiger partial charge in [-0.05, 0) is 52.2 Å². The van der Waals surface area contributed by atoms with Crippen molar-refractivity contribution in [2.75, 3.05) is 5.32 Å². The predicted octanol–water partition coefficient (Wildman–Crippen LogP) is 5.68. The van der Waals surface area contributed by atoms with Crippen molar-refractivity contribution in [1.29, 1.82) is 0 Å². The van der Waals surface area contributed by atoms with Crippen molar-refractivity contribution in [1.82, 2.24) is 4.98 Å². The van der Waals surface area contributed by atoms with Crippen LogP contribution in [0.5, 0.6) is 0 Å². The Bertz CT molecular complexity index is 891. The van der Waals surface area contributed by atoms with Crippen molar-refractivity contribution in [2.24, 2.45) is 0 Å². The first-order valence-corrected chi connectivity index (χ1v) is 9.81. The van der Waals surface area contributed by atoms with E-state index < -0.39 is 17.6 Å². The minimum absolute atomic E-state index is 0.00814. The van der Waals surface area contributed by atoms with Gasteiger partial charge in [-0.25, -0.2) is 4.98 Å². The number of hydrogen-bond donors (Lipinski definition) is 1. The van der Waals surface area contributed by atoms with E-state index in [0.717, 1.165) is 22.0 Å². The van der Waals surface area contributed by atoms with Crippen LogP contribution in [-0.4, -0.2) is 10.9 Å². The molecule has 0 aliphatic heterocycles. The van der Waals surface area contributed by atoms with Crippen molar-refractivity contribution in [3.63, 3.8) is 0 Å². The molecule has 25 heavy (non-hydrogen) atoms. The molecule has 0 bridgehead atoms. The Kier molecular flexibility index (Phi) is 5.44. The number of thiazole rings is 1. The number of rotatable bonds is 4. The van der Waals surface area contributed by atoms with Crippen LogP contribution in [0.4, 0.5) is 18.9 Å². The predicted molar refractivity (Wildman–Crippen MR) is 102 cm³/mol. The first-order chi connectivity index (χ1) is 11.8. The van der Waals surface area contributed by atoms with Crippen LogP contribution in [0, 0.1) is 3.57 Å². The number of nitrogens with zero attached hydrogens (tertiary/aromatic N) is 1. The van der Waals surface area contributed by atoms with Gasteiger partial charge in [0, 0.05) is 8.95 Å². The SMILES string of the molecule is O=C(Cc1csc(-c2cccs2)n1)Nc1cc(C(F)(F)F)ccc1I. The second kappa shape index (κ2) is 7.42. The van der Waals surface area contributed by atoms with Crippen LogP contribution in [-0.2, 0) is 17.4 Å². The number of halogens is 4. The maximum absolute atomic E-state index is 12.8. The summed E-state index contributed by atoms with van der Waals surface area (Å²) in [7, 11) is 0. The fraction of sp³-hybridized carbons (Fsp3) is 0.125. The number of carbonyl (C=O) groups excluding carboxylic acids is 1. The quantitative estimate of drug-likeness (QED) is 0.475. The molecule has 0 saturated carbocycles. The minimum Gasteiger partial charge on any atom is -0.325 e. The number of hydrogen-bond acceptors (Lipinski definition) is 4. The first kappa shape index (κ1) is 18.3. The topological polar surface area (TPSA) is 42.0 Å². The summed E-state index contributed by atoms with van der Waals surface area (Å²) < 4.78 is 38.9. The molecule has 3 aromatic rings. The van der Waals surface area contributed by atoms with Crippen molar-refractivity contribution in [2.45, 2.75) is 12.6 Å². The highest BCUT2D eigenvalue weighted by molar-refractivity contribution is 14.1. The van der Waals surface area contributed by atoms with Gasteiger partial charge in [0.1, 0.15) is 5.01 Å². The van der Waals surface area contributed by atoms with E-state index in [1.54, 1.807) is 16.7 Å². The molecule has 0 unspecified atom stereocenters. The van der Waals surface area contributed by atoms with Gasteiger partial charge in [-0.3, -0.25) is 4.79 Å². The third-order valence-electron chi connectivity index (χ3n) is 3.19. The Morgan fingerprint density at radius 2 is 2.04 bits per heavy atom. The summed E-state index contributed by atoms with van der Waals surface area (Å²) >= 11 is 4.88. The summed E-state index contributed by atoms with van der Waals surface area (Å²) in [5.41, 5.74) is -0.0566. The molecule has 0 aliphatic rings. The van der Waals surface area contributed by atoms with Crippen LogP contribution in [0.15, 0.2) is 41.1 Å². The van der Waals surface area contributed by atoms with Crippen LogP contribution < -0.4 is 5.32 Å². The standard InChI is InChI=1S/C16H10F3IN2OS2/c17-16(18,19)9-3-4-11(20)12(6-9)22-14(23)7-10-8-25-15(21-10)13-2-1-5-24-13/h1-6,8H,7H2,(H,22,23). The number of thiophene rings is 1. The average Bonchev–Trinajstić information content (AvgIpc) is 3.19.